The highest BCUT2D eigenvalue weighted by atomic mass is 16.5. The van der Waals surface area contributed by atoms with Crippen LogP contribution < -0.4 is 15.7 Å². The molecule has 0 unspecified atom stereocenters. The smallest absolute Gasteiger partial charge is 0.280 e. The summed E-state index contributed by atoms with van der Waals surface area (Å²) < 4.78 is 6.51. The Hall–Kier alpha value is -3.93. The van der Waals surface area contributed by atoms with E-state index in [1.165, 1.54) is 4.68 Å². The van der Waals surface area contributed by atoms with Crippen LogP contribution in [-0.4, -0.2) is 22.7 Å². The van der Waals surface area contributed by atoms with Crippen LogP contribution in [0.15, 0.2) is 71.5 Å². The van der Waals surface area contributed by atoms with E-state index in [0.29, 0.717) is 33.6 Å². The molecular formula is C24H21N3O3. The van der Waals surface area contributed by atoms with Gasteiger partial charge < -0.3 is 4.74 Å². The minimum absolute atomic E-state index is 0.329. The molecule has 4 aromatic rings. The first-order valence-electron chi connectivity index (χ1n) is 9.53. The van der Waals surface area contributed by atoms with Gasteiger partial charge in [0.05, 0.1) is 18.0 Å². The number of carbonyl (C=O) groups is 1. The Labute approximate surface area is 173 Å². The maximum Gasteiger partial charge on any atom is 0.280 e. The van der Waals surface area contributed by atoms with Crippen molar-refractivity contribution in [2.24, 2.45) is 0 Å². The predicted octanol–water partition coefficient (Wildman–Crippen LogP) is 4.07. The number of para-hydroxylation sites is 1. The summed E-state index contributed by atoms with van der Waals surface area (Å²) in [6.45, 7) is 3.92. The zero-order chi connectivity index (χ0) is 21.3. The molecule has 150 valence electrons. The van der Waals surface area contributed by atoms with Gasteiger partial charge in [0.15, 0.2) is 5.82 Å². The number of nitrogens with zero attached hydrogens (tertiary/aromatic N) is 2. The Morgan fingerprint density at radius 3 is 2.53 bits per heavy atom. The molecule has 4 rings (SSSR count). The third-order valence-corrected chi connectivity index (χ3v) is 5.09. The molecule has 0 atom stereocenters. The number of aryl methyl sites for hydroxylation is 2. The third kappa shape index (κ3) is 3.55. The number of nitrogens with one attached hydrogen (secondary N) is 1. The first-order valence-corrected chi connectivity index (χ1v) is 9.53. The molecule has 3 aromatic carbocycles. The maximum absolute atomic E-state index is 13.2. The topological polar surface area (TPSA) is 73.2 Å². The molecule has 0 radical (unpaired) electrons. The zero-order valence-electron chi connectivity index (χ0n) is 17.0. The van der Waals surface area contributed by atoms with Crippen LogP contribution in [0.5, 0.6) is 5.75 Å². The molecule has 1 aromatic heterocycles. The van der Waals surface area contributed by atoms with Crippen molar-refractivity contribution in [1.29, 1.82) is 0 Å². The van der Waals surface area contributed by atoms with Crippen molar-refractivity contribution in [3.8, 4) is 17.1 Å². The highest BCUT2D eigenvalue weighted by Gasteiger charge is 2.16. The van der Waals surface area contributed by atoms with Crippen molar-refractivity contribution >= 4 is 16.8 Å². The summed E-state index contributed by atoms with van der Waals surface area (Å²) in [6, 6.07) is 19.7. The van der Waals surface area contributed by atoms with Gasteiger partial charge in [-0.3, -0.25) is 15.0 Å². The number of hydrogen-bond acceptors (Lipinski definition) is 4. The second-order valence-electron chi connectivity index (χ2n) is 7.07. The summed E-state index contributed by atoms with van der Waals surface area (Å²) in [6.07, 6.45) is 0. The van der Waals surface area contributed by atoms with Crippen molar-refractivity contribution in [3.05, 3.63) is 93.8 Å². The number of rotatable bonds is 4. The minimum atomic E-state index is -0.388. The van der Waals surface area contributed by atoms with E-state index in [4.69, 9.17) is 4.74 Å². The van der Waals surface area contributed by atoms with E-state index in [9.17, 15) is 9.59 Å². The zero-order valence-corrected chi connectivity index (χ0v) is 17.0. The molecule has 1 heterocycles. The SMILES string of the molecule is COc1cccc(-c2nc3ccccc3c(=O)n2NC(=O)c2ccc(C)c(C)c2)c1. The van der Waals surface area contributed by atoms with Gasteiger partial charge in [0.1, 0.15) is 5.75 Å². The second kappa shape index (κ2) is 7.83. The molecule has 0 spiro atoms. The molecule has 1 amide bonds. The lowest BCUT2D eigenvalue weighted by Gasteiger charge is -2.15. The lowest BCUT2D eigenvalue weighted by Crippen LogP contribution is -2.35. The molecule has 0 bridgehead atoms. The molecule has 1 N–H and O–H groups in total. The average molecular weight is 399 g/mol. The fraction of sp³-hybridized carbons (Fsp3) is 0.125. The van der Waals surface area contributed by atoms with Crippen LogP contribution >= 0.6 is 0 Å². The van der Waals surface area contributed by atoms with Crippen molar-refractivity contribution in [2.75, 3.05) is 12.5 Å². The summed E-state index contributed by atoms with van der Waals surface area (Å²) in [5.41, 5.74) is 6.14. The average Bonchev–Trinajstić information content (AvgIpc) is 2.77. The molecule has 0 aliphatic rings. The molecule has 0 fully saturated rings. The van der Waals surface area contributed by atoms with Gasteiger partial charge >= 0.3 is 0 Å². The number of amides is 1. The van der Waals surface area contributed by atoms with Gasteiger partial charge in [0, 0.05) is 11.1 Å². The fourth-order valence-electron chi connectivity index (χ4n) is 3.24. The number of methoxy groups -OCH3 is 1. The predicted molar refractivity (Wildman–Crippen MR) is 118 cm³/mol. The Morgan fingerprint density at radius 2 is 1.77 bits per heavy atom. The molecule has 0 aliphatic heterocycles. The monoisotopic (exact) mass is 399 g/mol. The van der Waals surface area contributed by atoms with E-state index < -0.39 is 0 Å². The van der Waals surface area contributed by atoms with Crippen molar-refractivity contribution in [1.82, 2.24) is 9.66 Å². The number of aromatic nitrogens is 2. The number of fused-ring (bicyclic) bond motifs is 1. The molecule has 0 aliphatic carbocycles. The Balaban J connectivity index is 1.88. The van der Waals surface area contributed by atoms with Crippen LogP contribution in [0.2, 0.25) is 0 Å². The largest absolute Gasteiger partial charge is 0.497 e. The molecule has 6 heteroatoms. The van der Waals surface area contributed by atoms with E-state index >= 15 is 0 Å². The van der Waals surface area contributed by atoms with E-state index in [2.05, 4.69) is 10.4 Å². The van der Waals surface area contributed by atoms with Gasteiger partial charge in [-0.05, 0) is 61.4 Å². The number of ether oxygens (including phenoxy) is 1. The maximum atomic E-state index is 13.2. The van der Waals surface area contributed by atoms with Gasteiger partial charge in [-0.25, -0.2) is 4.98 Å². The van der Waals surface area contributed by atoms with Crippen molar-refractivity contribution in [3.63, 3.8) is 0 Å². The summed E-state index contributed by atoms with van der Waals surface area (Å²) >= 11 is 0. The van der Waals surface area contributed by atoms with E-state index in [1.54, 1.807) is 49.6 Å². The highest BCUT2D eigenvalue weighted by molar-refractivity contribution is 6.00. The van der Waals surface area contributed by atoms with Crippen LogP contribution in [0.3, 0.4) is 0 Å². The fourth-order valence-corrected chi connectivity index (χ4v) is 3.24. The van der Waals surface area contributed by atoms with Gasteiger partial charge in [-0.1, -0.05) is 30.3 Å². The minimum Gasteiger partial charge on any atom is -0.497 e. The summed E-state index contributed by atoms with van der Waals surface area (Å²) in [7, 11) is 1.57. The van der Waals surface area contributed by atoms with E-state index in [-0.39, 0.29) is 11.5 Å². The van der Waals surface area contributed by atoms with Crippen LogP contribution in [-0.2, 0) is 0 Å². The van der Waals surface area contributed by atoms with Crippen LogP contribution in [0.4, 0.5) is 0 Å². The van der Waals surface area contributed by atoms with Crippen LogP contribution in [0, 0.1) is 13.8 Å². The van der Waals surface area contributed by atoms with Gasteiger partial charge in [0.25, 0.3) is 11.5 Å². The summed E-state index contributed by atoms with van der Waals surface area (Å²) in [5.74, 6) is 0.568. The van der Waals surface area contributed by atoms with Crippen molar-refractivity contribution < 1.29 is 9.53 Å². The first kappa shape index (κ1) is 19.4. The lowest BCUT2D eigenvalue weighted by molar-refractivity contribution is 0.101. The first-order chi connectivity index (χ1) is 14.5. The van der Waals surface area contributed by atoms with Gasteiger partial charge in [0.2, 0.25) is 0 Å². The number of benzene rings is 3. The Kier molecular flexibility index (Phi) is 5.06. The molecule has 30 heavy (non-hydrogen) atoms. The Morgan fingerprint density at radius 1 is 0.967 bits per heavy atom. The van der Waals surface area contributed by atoms with E-state index in [0.717, 1.165) is 11.1 Å². The van der Waals surface area contributed by atoms with Gasteiger partial charge in [-0.2, -0.15) is 4.68 Å². The van der Waals surface area contributed by atoms with Crippen LogP contribution in [0.25, 0.3) is 22.3 Å². The summed E-state index contributed by atoms with van der Waals surface area (Å²) in [4.78, 5) is 30.8. The van der Waals surface area contributed by atoms with Crippen molar-refractivity contribution in [2.45, 2.75) is 13.8 Å². The lowest BCUT2D eigenvalue weighted by atomic mass is 10.1. The standard InChI is InChI=1S/C24H21N3O3/c1-15-11-12-18(13-16(15)2)23(28)26-27-22(17-7-6-8-19(14-17)30-3)25-21-10-5-4-9-20(21)24(27)29/h4-14H,1-3H3,(H,26,28). The highest BCUT2D eigenvalue weighted by Crippen LogP contribution is 2.23. The summed E-state index contributed by atoms with van der Waals surface area (Å²) in [5, 5.41) is 0.421. The van der Waals surface area contributed by atoms with Gasteiger partial charge in [-0.15, -0.1) is 0 Å². The van der Waals surface area contributed by atoms with Crippen LogP contribution in [0.1, 0.15) is 21.5 Å². The normalized spacial score (nSPS) is 10.8. The molecule has 0 saturated carbocycles. The number of hydrogen-bond donors (Lipinski definition) is 1. The Bertz CT molecular complexity index is 1330. The number of carbonyl (C=O) groups excluding carboxylic acids is 1. The molecular weight excluding hydrogens is 378 g/mol. The second-order valence-corrected chi connectivity index (χ2v) is 7.07. The quantitative estimate of drug-likeness (QED) is 0.561. The molecule has 6 nitrogen and oxygen atoms in total. The third-order valence-electron chi connectivity index (χ3n) is 5.09. The van der Waals surface area contributed by atoms with E-state index in [1.807, 2.05) is 38.1 Å². The molecule has 0 saturated heterocycles.